The molecular weight excluding hydrogens is 294 g/mol. The number of nitrogens with zero attached hydrogens (tertiary/aromatic N) is 1. The molecule has 2 atom stereocenters. The van der Waals surface area contributed by atoms with E-state index in [4.69, 9.17) is 4.74 Å². The van der Waals surface area contributed by atoms with E-state index in [1.54, 1.807) is 20.8 Å². The van der Waals surface area contributed by atoms with Crippen molar-refractivity contribution in [2.75, 3.05) is 6.54 Å². The van der Waals surface area contributed by atoms with Crippen LogP contribution in [0.4, 0.5) is 4.79 Å². The van der Waals surface area contributed by atoms with E-state index in [0.29, 0.717) is 13.0 Å². The van der Waals surface area contributed by atoms with Gasteiger partial charge in [-0.25, -0.2) is 9.59 Å². The minimum absolute atomic E-state index is 0.261. The van der Waals surface area contributed by atoms with Crippen LogP contribution >= 0.6 is 0 Å². The summed E-state index contributed by atoms with van der Waals surface area (Å²) in [6.07, 6.45) is 1.55. The average Bonchev–Trinajstić information content (AvgIpc) is 2.46. The quantitative estimate of drug-likeness (QED) is 0.928. The predicted octanol–water partition coefficient (Wildman–Crippen LogP) is 3.33. The van der Waals surface area contributed by atoms with Crippen LogP contribution in [0, 0.1) is 5.92 Å². The molecule has 1 heterocycles. The zero-order valence-corrected chi connectivity index (χ0v) is 14.0. The number of benzene rings is 1. The Balaban J connectivity index is 2.03. The van der Waals surface area contributed by atoms with Gasteiger partial charge < -0.3 is 9.84 Å². The second kappa shape index (κ2) is 7.02. The second-order valence-electron chi connectivity index (χ2n) is 7.11. The molecule has 1 aromatic rings. The van der Waals surface area contributed by atoms with Crippen LogP contribution in [0.25, 0.3) is 0 Å². The molecule has 1 aromatic carbocycles. The molecule has 0 aliphatic carbocycles. The Hall–Kier alpha value is -2.04. The Bertz CT molecular complexity index is 550. The number of piperidine rings is 1. The van der Waals surface area contributed by atoms with Gasteiger partial charge in [0.15, 0.2) is 0 Å². The average molecular weight is 319 g/mol. The molecule has 1 saturated heterocycles. The van der Waals surface area contributed by atoms with Crippen LogP contribution in [0.15, 0.2) is 30.3 Å². The van der Waals surface area contributed by atoms with Crippen LogP contribution in [0.2, 0.25) is 0 Å². The van der Waals surface area contributed by atoms with E-state index in [-0.39, 0.29) is 5.92 Å². The van der Waals surface area contributed by atoms with Crippen molar-refractivity contribution >= 4 is 12.1 Å². The highest BCUT2D eigenvalue weighted by molar-refractivity contribution is 5.80. The van der Waals surface area contributed by atoms with Crippen molar-refractivity contribution in [1.82, 2.24) is 4.90 Å². The number of carbonyl (C=O) groups is 2. The number of aliphatic carboxylic acids is 1. The summed E-state index contributed by atoms with van der Waals surface area (Å²) in [5, 5.41) is 9.49. The monoisotopic (exact) mass is 319 g/mol. The van der Waals surface area contributed by atoms with Crippen molar-refractivity contribution in [1.29, 1.82) is 0 Å². The van der Waals surface area contributed by atoms with Gasteiger partial charge in [-0.3, -0.25) is 4.90 Å². The molecule has 0 aromatic heterocycles. The standard InChI is InChI=1S/C18H25NO4/c1-18(2,3)23-17(22)19-10-9-14(12-15(19)16(20)21)11-13-7-5-4-6-8-13/h4-8,14-15H,9-12H2,1-3H3,(H,20,21)/t14-,15-/m0/s1. The van der Waals surface area contributed by atoms with Crippen molar-refractivity contribution in [3.05, 3.63) is 35.9 Å². The van der Waals surface area contributed by atoms with Crippen molar-refractivity contribution in [3.8, 4) is 0 Å². The predicted molar refractivity (Wildman–Crippen MR) is 87.2 cm³/mol. The molecule has 1 N–H and O–H groups in total. The Morgan fingerprint density at radius 2 is 1.91 bits per heavy atom. The first-order chi connectivity index (χ1) is 10.8. The number of carbonyl (C=O) groups excluding carboxylic acids is 1. The normalized spacial score (nSPS) is 21.8. The molecule has 1 fully saturated rings. The summed E-state index contributed by atoms with van der Waals surface area (Å²) in [5.74, 6) is -0.703. The first kappa shape index (κ1) is 17.3. The van der Waals surface area contributed by atoms with Crippen LogP contribution in [0.5, 0.6) is 0 Å². The fourth-order valence-electron chi connectivity index (χ4n) is 2.94. The Kier molecular flexibility index (Phi) is 5.29. The maximum Gasteiger partial charge on any atom is 0.411 e. The first-order valence-corrected chi connectivity index (χ1v) is 8.02. The van der Waals surface area contributed by atoms with Crippen LogP contribution < -0.4 is 0 Å². The molecule has 23 heavy (non-hydrogen) atoms. The Morgan fingerprint density at radius 1 is 1.26 bits per heavy atom. The molecule has 0 saturated carbocycles. The Morgan fingerprint density at radius 3 is 2.48 bits per heavy atom. The summed E-state index contributed by atoms with van der Waals surface area (Å²) in [6, 6.07) is 9.23. The van der Waals surface area contributed by atoms with E-state index in [1.165, 1.54) is 10.5 Å². The van der Waals surface area contributed by atoms with E-state index in [0.717, 1.165) is 12.8 Å². The van der Waals surface area contributed by atoms with Gasteiger partial charge in [-0.05, 0) is 51.5 Å². The highest BCUT2D eigenvalue weighted by atomic mass is 16.6. The molecule has 126 valence electrons. The lowest BCUT2D eigenvalue weighted by atomic mass is 9.86. The van der Waals surface area contributed by atoms with E-state index in [9.17, 15) is 14.7 Å². The molecule has 5 nitrogen and oxygen atoms in total. The number of rotatable bonds is 3. The Labute approximate surface area is 137 Å². The number of likely N-dealkylation sites (tertiary alicyclic amines) is 1. The van der Waals surface area contributed by atoms with Gasteiger partial charge in [-0.15, -0.1) is 0 Å². The minimum atomic E-state index is -0.964. The number of carboxylic acids is 1. The lowest BCUT2D eigenvalue weighted by molar-refractivity contribution is -0.145. The van der Waals surface area contributed by atoms with Crippen LogP contribution in [0.1, 0.15) is 39.2 Å². The topological polar surface area (TPSA) is 66.8 Å². The summed E-state index contributed by atoms with van der Waals surface area (Å²) in [7, 11) is 0. The fourth-order valence-corrected chi connectivity index (χ4v) is 2.94. The minimum Gasteiger partial charge on any atom is -0.480 e. The molecule has 0 bridgehead atoms. The van der Waals surface area contributed by atoms with Crippen molar-refractivity contribution < 1.29 is 19.4 Å². The maximum atomic E-state index is 12.2. The molecular formula is C18H25NO4. The highest BCUT2D eigenvalue weighted by Gasteiger charge is 2.38. The fraction of sp³-hybridized carbons (Fsp3) is 0.556. The molecule has 1 aliphatic rings. The van der Waals surface area contributed by atoms with Crippen molar-refractivity contribution in [2.45, 2.75) is 51.7 Å². The molecule has 0 spiro atoms. The smallest absolute Gasteiger partial charge is 0.411 e. The molecule has 0 unspecified atom stereocenters. The molecule has 1 amide bonds. The lowest BCUT2D eigenvalue weighted by Gasteiger charge is -2.37. The number of ether oxygens (including phenoxy) is 1. The summed E-state index contributed by atoms with van der Waals surface area (Å²) in [4.78, 5) is 25.2. The number of hydrogen-bond acceptors (Lipinski definition) is 3. The third kappa shape index (κ3) is 4.98. The van der Waals surface area contributed by atoms with Gasteiger partial charge in [0.1, 0.15) is 11.6 Å². The summed E-state index contributed by atoms with van der Waals surface area (Å²) < 4.78 is 5.33. The SMILES string of the molecule is CC(C)(C)OC(=O)N1CC[C@@H](Cc2ccccc2)C[C@H]1C(=O)O. The number of carboxylic acid groups (broad SMARTS) is 1. The van der Waals surface area contributed by atoms with Crippen LogP contribution in [-0.4, -0.2) is 40.3 Å². The number of amides is 1. The third-order valence-corrected chi connectivity index (χ3v) is 3.99. The van der Waals surface area contributed by atoms with Crippen LogP contribution in [-0.2, 0) is 16.0 Å². The zero-order chi connectivity index (χ0) is 17.0. The highest BCUT2D eigenvalue weighted by Crippen LogP contribution is 2.27. The van der Waals surface area contributed by atoms with Crippen molar-refractivity contribution in [3.63, 3.8) is 0 Å². The summed E-state index contributed by atoms with van der Waals surface area (Å²) in [6.45, 7) is 5.76. The summed E-state index contributed by atoms with van der Waals surface area (Å²) in [5.41, 5.74) is 0.577. The maximum absolute atomic E-state index is 12.2. The van der Waals surface area contributed by atoms with Crippen LogP contribution in [0.3, 0.4) is 0 Å². The third-order valence-electron chi connectivity index (χ3n) is 3.99. The molecule has 2 rings (SSSR count). The molecule has 0 radical (unpaired) electrons. The first-order valence-electron chi connectivity index (χ1n) is 8.02. The van der Waals surface area contributed by atoms with E-state index in [2.05, 4.69) is 12.1 Å². The second-order valence-corrected chi connectivity index (χ2v) is 7.11. The van der Waals surface area contributed by atoms with E-state index >= 15 is 0 Å². The van der Waals surface area contributed by atoms with Gasteiger partial charge in [0.05, 0.1) is 0 Å². The number of hydrogen-bond donors (Lipinski definition) is 1. The van der Waals surface area contributed by atoms with Gasteiger partial charge in [0.2, 0.25) is 0 Å². The van der Waals surface area contributed by atoms with Gasteiger partial charge in [-0.1, -0.05) is 30.3 Å². The lowest BCUT2D eigenvalue weighted by Crippen LogP contribution is -2.51. The van der Waals surface area contributed by atoms with Gasteiger partial charge in [0, 0.05) is 6.54 Å². The molecule has 1 aliphatic heterocycles. The van der Waals surface area contributed by atoms with Gasteiger partial charge >= 0.3 is 12.1 Å². The van der Waals surface area contributed by atoms with E-state index in [1.807, 2.05) is 18.2 Å². The van der Waals surface area contributed by atoms with Gasteiger partial charge in [-0.2, -0.15) is 0 Å². The zero-order valence-electron chi connectivity index (χ0n) is 14.0. The van der Waals surface area contributed by atoms with E-state index < -0.39 is 23.7 Å². The van der Waals surface area contributed by atoms with Gasteiger partial charge in [0.25, 0.3) is 0 Å². The largest absolute Gasteiger partial charge is 0.480 e. The summed E-state index contributed by atoms with van der Waals surface area (Å²) >= 11 is 0. The van der Waals surface area contributed by atoms with Crippen molar-refractivity contribution in [2.24, 2.45) is 5.92 Å². The molecule has 5 heteroatoms.